The summed E-state index contributed by atoms with van der Waals surface area (Å²) in [5.74, 6) is 1.01. The van der Waals surface area contributed by atoms with Gasteiger partial charge in [-0.25, -0.2) is 15.0 Å². The van der Waals surface area contributed by atoms with Crippen molar-refractivity contribution in [1.29, 1.82) is 0 Å². The van der Waals surface area contributed by atoms with Crippen LogP contribution in [0, 0.1) is 17.8 Å². The summed E-state index contributed by atoms with van der Waals surface area (Å²) in [7, 11) is 0. The van der Waals surface area contributed by atoms with Crippen molar-refractivity contribution in [3.05, 3.63) is 29.6 Å². The number of carbonyl (C=O) groups excluding carboxylic acids is 1. The highest BCUT2D eigenvalue weighted by Crippen LogP contribution is 2.52. The number of nitrogens with one attached hydrogen (secondary N) is 1. The van der Waals surface area contributed by atoms with Gasteiger partial charge in [0.15, 0.2) is 5.96 Å². The molecule has 0 radical (unpaired) electrons. The first-order valence-electron chi connectivity index (χ1n) is 13.0. The molecule has 1 saturated heterocycles. The predicted octanol–water partition coefficient (Wildman–Crippen LogP) is 3.98. The van der Waals surface area contributed by atoms with Gasteiger partial charge in [0.2, 0.25) is 5.82 Å². The molecule has 1 aromatic heterocycles. The van der Waals surface area contributed by atoms with Crippen molar-refractivity contribution >= 4 is 28.6 Å². The molecular formula is C27H39N7O. The highest BCUT2D eigenvalue weighted by atomic mass is 16.2. The van der Waals surface area contributed by atoms with Gasteiger partial charge in [0.1, 0.15) is 5.82 Å². The molecule has 3 aliphatic rings. The molecule has 1 aromatic carbocycles. The molecule has 3 fully saturated rings. The fourth-order valence-corrected chi connectivity index (χ4v) is 7.08. The number of rotatable bonds is 4. The van der Waals surface area contributed by atoms with Crippen molar-refractivity contribution in [1.82, 2.24) is 14.9 Å². The standard InChI is InChI=1S/C27H39N7O/c1-16-9-10-19-18(11-16)22(31-20-7-5-6-8-21(20)32-25(28)29)33-23(30-19)24(35)34-15-27(4)13-17(34)12-26(2,3)14-27/h9-11,17,20-21H,5-8,12-15H2,1-4H3,(H4,28,29,32)(H,30,31,33)/t17-,20?,21?,27-/m1/s1. The SMILES string of the molecule is Cc1ccc2nc(C(=O)N3C[C@]4(C)C[C@H]3CC(C)(C)C4)nc(NC3CCCCC3N=C(N)N)c2c1. The first kappa shape index (κ1) is 23.8. The molecule has 2 bridgehead atoms. The van der Waals surface area contributed by atoms with Crippen molar-refractivity contribution in [2.45, 2.75) is 90.8 Å². The van der Waals surface area contributed by atoms with E-state index in [9.17, 15) is 4.79 Å². The Labute approximate surface area is 208 Å². The first-order chi connectivity index (χ1) is 16.5. The van der Waals surface area contributed by atoms with Crippen LogP contribution in [0.25, 0.3) is 10.9 Å². The van der Waals surface area contributed by atoms with Gasteiger partial charge in [-0.2, -0.15) is 0 Å². The average molecular weight is 478 g/mol. The van der Waals surface area contributed by atoms with Crippen LogP contribution in [0.15, 0.2) is 23.2 Å². The summed E-state index contributed by atoms with van der Waals surface area (Å²) in [5, 5.41) is 4.54. The maximum Gasteiger partial charge on any atom is 0.292 e. The molecule has 8 nitrogen and oxygen atoms in total. The maximum atomic E-state index is 13.8. The first-order valence-corrected chi connectivity index (χ1v) is 13.0. The van der Waals surface area contributed by atoms with Gasteiger partial charge >= 0.3 is 0 Å². The summed E-state index contributed by atoms with van der Waals surface area (Å²) in [5.41, 5.74) is 13.7. The number of guanidine groups is 1. The minimum absolute atomic E-state index is 0.0114. The van der Waals surface area contributed by atoms with Crippen LogP contribution in [0.4, 0.5) is 5.82 Å². The number of hydrogen-bond acceptors (Lipinski definition) is 5. The Morgan fingerprint density at radius 2 is 1.91 bits per heavy atom. The highest BCUT2D eigenvalue weighted by Gasteiger charge is 2.51. The lowest BCUT2D eigenvalue weighted by Crippen LogP contribution is -2.39. The number of hydrogen-bond donors (Lipinski definition) is 3. The van der Waals surface area contributed by atoms with Crippen LogP contribution < -0.4 is 16.8 Å². The van der Waals surface area contributed by atoms with Gasteiger partial charge in [-0.15, -0.1) is 0 Å². The summed E-state index contributed by atoms with van der Waals surface area (Å²) >= 11 is 0. The van der Waals surface area contributed by atoms with Gasteiger partial charge in [0, 0.05) is 18.0 Å². The summed E-state index contributed by atoms with van der Waals surface area (Å²) in [6.07, 6.45) is 7.29. The van der Waals surface area contributed by atoms with Crippen LogP contribution >= 0.6 is 0 Å². The minimum atomic E-state index is -0.0635. The lowest BCUT2D eigenvalue weighted by Gasteiger charge is -2.39. The fraction of sp³-hybridized carbons (Fsp3) is 0.630. The van der Waals surface area contributed by atoms with Gasteiger partial charge in [-0.3, -0.25) is 4.79 Å². The normalized spacial score (nSPS) is 29.7. The van der Waals surface area contributed by atoms with Crippen molar-refractivity contribution in [2.24, 2.45) is 27.3 Å². The van der Waals surface area contributed by atoms with Crippen LogP contribution in [0.5, 0.6) is 0 Å². The Bertz CT molecular complexity index is 1170. The van der Waals surface area contributed by atoms with Gasteiger partial charge < -0.3 is 21.7 Å². The summed E-state index contributed by atoms with van der Waals surface area (Å²) < 4.78 is 0. The molecule has 1 aliphatic heterocycles. The molecule has 2 aromatic rings. The van der Waals surface area contributed by atoms with Crippen molar-refractivity contribution in [3.63, 3.8) is 0 Å². The highest BCUT2D eigenvalue weighted by molar-refractivity contribution is 5.97. The zero-order valence-corrected chi connectivity index (χ0v) is 21.5. The van der Waals surface area contributed by atoms with E-state index in [1.54, 1.807) is 0 Å². The van der Waals surface area contributed by atoms with Crippen LogP contribution in [0.1, 0.15) is 81.9 Å². The van der Waals surface area contributed by atoms with Crippen LogP contribution in [0.3, 0.4) is 0 Å². The summed E-state index contributed by atoms with van der Waals surface area (Å²) in [6.45, 7) is 9.78. The second-order valence-corrected chi connectivity index (χ2v) is 12.2. The Morgan fingerprint density at radius 3 is 2.69 bits per heavy atom. The molecular weight excluding hydrogens is 438 g/mol. The van der Waals surface area contributed by atoms with E-state index < -0.39 is 0 Å². The van der Waals surface area contributed by atoms with Gasteiger partial charge in [-0.05, 0) is 62.0 Å². The largest absolute Gasteiger partial charge is 0.370 e. The van der Waals surface area contributed by atoms with Crippen molar-refractivity contribution in [2.75, 3.05) is 11.9 Å². The predicted molar refractivity (Wildman–Crippen MR) is 140 cm³/mol. The number of aromatic nitrogens is 2. The van der Waals surface area contributed by atoms with E-state index in [4.69, 9.17) is 21.4 Å². The number of aryl methyl sites for hydroxylation is 1. The third kappa shape index (κ3) is 4.80. The second kappa shape index (κ2) is 8.64. The number of amides is 1. The zero-order chi connectivity index (χ0) is 25.0. The second-order valence-electron chi connectivity index (χ2n) is 12.2. The number of likely N-dealkylation sites (tertiary alicyclic amines) is 1. The molecule has 8 heteroatoms. The Balaban J connectivity index is 1.50. The van der Waals surface area contributed by atoms with Gasteiger partial charge in [0.25, 0.3) is 5.91 Å². The molecule has 2 aliphatic carbocycles. The number of aliphatic imine (C=N–C) groups is 1. The number of fused-ring (bicyclic) bond motifs is 3. The molecule has 5 rings (SSSR count). The quantitative estimate of drug-likeness (QED) is 0.452. The third-order valence-corrected chi connectivity index (χ3v) is 8.08. The van der Waals surface area contributed by atoms with E-state index in [0.717, 1.165) is 68.0 Å². The van der Waals surface area contributed by atoms with Gasteiger partial charge in [0.05, 0.1) is 17.6 Å². The summed E-state index contributed by atoms with van der Waals surface area (Å²) in [4.78, 5) is 29.9. The van der Waals surface area contributed by atoms with Crippen LogP contribution in [-0.4, -0.2) is 51.4 Å². The molecule has 2 heterocycles. The monoisotopic (exact) mass is 477 g/mol. The Hall–Kier alpha value is -2.90. The topological polar surface area (TPSA) is 123 Å². The van der Waals surface area contributed by atoms with Gasteiger partial charge in [-0.1, -0.05) is 45.2 Å². The molecule has 5 N–H and O–H groups in total. The molecule has 0 spiro atoms. The zero-order valence-electron chi connectivity index (χ0n) is 21.5. The Kier molecular flexibility index (Phi) is 5.88. The molecule has 188 valence electrons. The maximum absolute atomic E-state index is 13.8. The molecule has 1 amide bonds. The van der Waals surface area contributed by atoms with Crippen LogP contribution in [0.2, 0.25) is 0 Å². The Morgan fingerprint density at radius 1 is 1.14 bits per heavy atom. The van der Waals surface area contributed by atoms with E-state index in [2.05, 4.69) is 44.1 Å². The number of nitrogens with two attached hydrogens (primary N) is 2. The van der Waals surface area contributed by atoms with Crippen LogP contribution in [-0.2, 0) is 0 Å². The molecule has 2 unspecified atom stereocenters. The number of benzene rings is 1. The van der Waals surface area contributed by atoms with Crippen molar-refractivity contribution in [3.8, 4) is 0 Å². The molecule has 2 saturated carbocycles. The number of nitrogens with zero attached hydrogens (tertiary/aromatic N) is 4. The third-order valence-electron chi connectivity index (χ3n) is 8.08. The van der Waals surface area contributed by atoms with E-state index >= 15 is 0 Å². The number of carbonyl (C=O) groups is 1. The summed E-state index contributed by atoms with van der Waals surface area (Å²) in [6, 6.07) is 6.38. The van der Waals surface area contributed by atoms with E-state index in [0.29, 0.717) is 5.82 Å². The fourth-order valence-electron chi connectivity index (χ4n) is 7.08. The lowest BCUT2D eigenvalue weighted by atomic mass is 9.65. The van der Waals surface area contributed by atoms with E-state index in [-0.39, 0.29) is 46.6 Å². The van der Waals surface area contributed by atoms with E-state index in [1.165, 1.54) is 0 Å². The minimum Gasteiger partial charge on any atom is -0.370 e. The van der Waals surface area contributed by atoms with E-state index in [1.807, 2.05) is 17.0 Å². The smallest absolute Gasteiger partial charge is 0.292 e. The molecule has 35 heavy (non-hydrogen) atoms. The lowest BCUT2D eigenvalue weighted by molar-refractivity contribution is 0.0696. The van der Waals surface area contributed by atoms with Crippen molar-refractivity contribution < 1.29 is 4.79 Å². The number of anilines is 1. The average Bonchev–Trinajstić information content (AvgIpc) is 3.02. The molecule has 4 atom stereocenters.